The zero-order valence-corrected chi connectivity index (χ0v) is 10.8. The molecule has 0 saturated heterocycles. The van der Waals surface area contributed by atoms with Crippen LogP contribution < -0.4 is 10.6 Å². The van der Waals surface area contributed by atoms with Crippen LogP contribution in [0.25, 0.3) is 0 Å². The van der Waals surface area contributed by atoms with Gasteiger partial charge in [0.1, 0.15) is 17.7 Å². The van der Waals surface area contributed by atoms with E-state index in [9.17, 15) is 18.4 Å². The summed E-state index contributed by atoms with van der Waals surface area (Å²) in [5.41, 5.74) is -0.295. The van der Waals surface area contributed by atoms with E-state index in [1.165, 1.54) is 6.92 Å². The molecule has 0 aliphatic carbocycles. The summed E-state index contributed by atoms with van der Waals surface area (Å²) >= 11 is 0. The Morgan fingerprint density at radius 3 is 2.58 bits per heavy atom. The third-order valence-electron chi connectivity index (χ3n) is 2.47. The zero-order chi connectivity index (χ0) is 14.4. The highest BCUT2D eigenvalue weighted by Gasteiger charge is 2.18. The Morgan fingerprint density at radius 2 is 2.00 bits per heavy atom. The van der Waals surface area contributed by atoms with E-state index in [0.717, 1.165) is 18.6 Å². The van der Waals surface area contributed by atoms with E-state index in [2.05, 4.69) is 10.6 Å². The molecule has 0 aliphatic rings. The van der Waals surface area contributed by atoms with E-state index in [1.54, 1.807) is 0 Å². The summed E-state index contributed by atoms with van der Waals surface area (Å²) in [7, 11) is 0. The van der Waals surface area contributed by atoms with Crippen LogP contribution in [-0.2, 0) is 4.79 Å². The SMILES string of the molecule is CCCNC(=O)[C@H](C)NC(=O)c1ccc(F)cc1F. The molecule has 1 aromatic rings. The number of halogens is 2. The summed E-state index contributed by atoms with van der Waals surface area (Å²) in [5, 5.41) is 4.96. The molecular weight excluding hydrogens is 254 g/mol. The third-order valence-corrected chi connectivity index (χ3v) is 2.47. The van der Waals surface area contributed by atoms with Crippen molar-refractivity contribution in [3.8, 4) is 0 Å². The van der Waals surface area contributed by atoms with Gasteiger partial charge in [-0.3, -0.25) is 9.59 Å². The smallest absolute Gasteiger partial charge is 0.254 e. The van der Waals surface area contributed by atoms with Crippen LogP contribution in [0.4, 0.5) is 8.78 Å². The Hall–Kier alpha value is -1.98. The molecule has 0 bridgehead atoms. The molecule has 4 nitrogen and oxygen atoms in total. The van der Waals surface area contributed by atoms with Crippen molar-refractivity contribution in [3.63, 3.8) is 0 Å². The molecule has 0 aliphatic heterocycles. The number of amides is 2. The predicted molar refractivity (Wildman–Crippen MR) is 66.6 cm³/mol. The fourth-order valence-electron chi connectivity index (χ4n) is 1.41. The second-order valence-corrected chi connectivity index (χ2v) is 4.11. The van der Waals surface area contributed by atoms with Crippen LogP contribution in [-0.4, -0.2) is 24.4 Å². The Kier molecular flexibility index (Phi) is 5.41. The lowest BCUT2D eigenvalue weighted by molar-refractivity contribution is -0.122. The minimum absolute atomic E-state index is 0.295. The van der Waals surface area contributed by atoms with Crippen LogP contribution in [0.15, 0.2) is 18.2 Å². The maximum absolute atomic E-state index is 13.4. The number of hydrogen-bond acceptors (Lipinski definition) is 2. The van der Waals surface area contributed by atoms with Crippen molar-refractivity contribution in [1.29, 1.82) is 0 Å². The van der Waals surface area contributed by atoms with Gasteiger partial charge in [0, 0.05) is 12.6 Å². The monoisotopic (exact) mass is 270 g/mol. The number of carbonyl (C=O) groups is 2. The largest absolute Gasteiger partial charge is 0.354 e. The molecule has 1 atom stereocenters. The number of carbonyl (C=O) groups excluding carboxylic acids is 2. The summed E-state index contributed by atoms with van der Waals surface area (Å²) in [5.74, 6) is -2.82. The van der Waals surface area contributed by atoms with Gasteiger partial charge in [0.05, 0.1) is 5.56 Å². The van der Waals surface area contributed by atoms with E-state index in [1.807, 2.05) is 6.92 Å². The first kappa shape index (κ1) is 15.1. The van der Waals surface area contributed by atoms with E-state index in [-0.39, 0.29) is 11.5 Å². The van der Waals surface area contributed by atoms with Gasteiger partial charge >= 0.3 is 0 Å². The molecule has 19 heavy (non-hydrogen) atoms. The highest BCUT2D eigenvalue weighted by Crippen LogP contribution is 2.09. The van der Waals surface area contributed by atoms with Crippen LogP contribution in [0.3, 0.4) is 0 Å². The lowest BCUT2D eigenvalue weighted by Gasteiger charge is -2.14. The Labute approximate surface area is 110 Å². The first-order valence-electron chi connectivity index (χ1n) is 5.99. The van der Waals surface area contributed by atoms with Gasteiger partial charge < -0.3 is 10.6 Å². The van der Waals surface area contributed by atoms with Crippen LogP contribution >= 0.6 is 0 Å². The summed E-state index contributed by atoms with van der Waals surface area (Å²) in [6, 6.07) is 1.86. The molecule has 2 N–H and O–H groups in total. The summed E-state index contributed by atoms with van der Waals surface area (Å²) in [6.07, 6.45) is 0.777. The first-order valence-corrected chi connectivity index (χ1v) is 5.99. The number of benzene rings is 1. The van der Waals surface area contributed by atoms with Crippen LogP contribution in [0.2, 0.25) is 0 Å². The van der Waals surface area contributed by atoms with Gasteiger partial charge in [-0.15, -0.1) is 0 Å². The molecule has 1 rings (SSSR count). The molecule has 0 aromatic heterocycles. The molecule has 104 valence electrons. The summed E-state index contributed by atoms with van der Waals surface area (Å²) < 4.78 is 26.1. The predicted octanol–water partition coefficient (Wildman–Crippen LogP) is 1.61. The zero-order valence-electron chi connectivity index (χ0n) is 10.8. The van der Waals surface area contributed by atoms with Crippen LogP contribution in [0.5, 0.6) is 0 Å². The normalized spacial score (nSPS) is 11.8. The van der Waals surface area contributed by atoms with E-state index >= 15 is 0 Å². The van der Waals surface area contributed by atoms with Crippen molar-refractivity contribution >= 4 is 11.8 Å². The standard InChI is InChI=1S/C13H16F2N2O2/c1-3-6-16-12(18)8(2)17-13(19)10-5-4-9(14)7-11(10)15/h4-5,7-8H,3,6H2,1-2H3,(H,16,18)(H,17,19)/t8-/m0/s1. The van der Waals surface area contributed by atoms with Crippen LogP contribution in [0, 0.1) is 11.6 Å². The maximum atomic E-state index is 13.4. The molecule has 0 spiro atoms. The van der Waals surface area contributed by atoms with Crippen LogP contribution in [0.1, 0.15) is 30.6 Å². The fourth-order valence-corrected chi connectivity index (χ4v) is 1.41. The van der Waals surface area contributed by atoms with Gasteiger partial charge in [-0.05, 0) is 25.5 Å². The van der Waals surface area contributed by atoms with Crippen molar-refractivity contribution in [2.75, 3.05) is 6.54 Å². The van der Waals surface area contributed by atoms with Crippen molar-refractivity contribution in [3.05, 3.63) is 35.4 Å². The van der Waals surface area contributed by atoms with Crippen molar-refractivity contribution < 1.29 is 18.4 Å². The van der Waals surface area contributed by atoms with Crippen molar-refractivity contribution in [1.82, 2.24) is 10.6 Å². The van der Waals surface area contributed by atoms with E-state index < -0.39 is 23.6 Å². The minimum Gasteiger partial charge on any atom is -0.354 e. The van der Waals surface area contributed by atoms with E-state index in [0.29, 0.717) is 12.6 Å². The first-order chi connectivity index (χ1) is 8.95. The van der Waals surface area contributed by atoms with Gasteiger partial charge in [-0.1, -0.05) is 6.92 Å². The van der Waals surface area contributed by atoms with Gasteiger partial charge in [-0.25, -0.2) is 8.78 Å². The molecule has 0 unspecified atom stereocenters. The third kappa shape index (κ3) is 4.31. The summed E-state index contributed by atoms with van der Waals surface area (Å²) in [4.78, 5) is 23.2. The topological polar surface area (TPSA) is 58.2 Å². The average Bonchev–Trinajstić information content (AvgIpc) is 2.35. The highest BCUT2D eigenvalue weighted by molar-refractivity contribution is 5.97. The average molecular weight is 270 g/mol. The lowest BCUT2D eigenvalue weighted by atomic mass is 10.2. The Balaban J connectivity index is 2.66. The molecule has 1 aromatic carbocycles. The quantitative estimate of drug-likeness (QED) is 0.854. The second-order valence-electron chi connectivity index (χ2n) is 4.11. The summed E-state index contributed by atoms with van der Waals surface area (Å²) in [6.45, 7) is 3.89. The molecule has 0 heterocycles. The highest BCUT2D eigenvalue weighted by atomic mass is 19.1. The molecule has 0 fully saturated rings. The maximum Gasteiger partial charge on any atom is 0.254 e. The lowest BCUT2D eigenvalue weighted by Crippen LogP contribution is -2.45. The molecule has 2 amide bonds. The van der Waals surface area contributed by atoms with Gasteiger partial charge in [0.15, 0.2) is 0 Å². The number of rotatable bonds is 5. The minimum atomic E-state index is -0.960. The van der Waals surface area contributed by atoms with Crippen molar-refractivity contribution in [2.45, 2.75) is 26.3 Å². The fraction of sp³-hybridized carbons (Fsp3) is 0.385. The molecule has 0 saturated carbocycles. The second kappa shape index (κ2) is 6.82. The molecular formula is C13H16F2N2O2. The van der Waals surface area contributed by atoms with Gasteiger partial charge in [0.25, 0.3) is 5.91 Å². The molecule has 0 radical (unpaired) electrons. The van der Waals surface area contributed by atoms with Gasteiger partial charge in [-0.2, -0.15) is 0 Å². The number of hydrogen-bond donors (Lipinski definition) is 2. The molecule has 6 heteroatoms. The Morgan fingerprint density at radius 1 is 1.32 bits per heavy atom. The van der Waals surface area contributed by atoms with Gasteiger partial charge in [0.2, 0.25) is 5.91 Å². The Bertz CT molecular complexity index is 478. The van der Waals surface area contributed by atoms with Crippen molar-refractivity contribution in [2.24, 2.45) is 0 Å². The van der Waals surface area contributed by atoms with E-state index in [4.69, 9.17) is 0 Å². The number of nitrogens with one attached hydrogen (secondary N) is 2.